The lowest BCUT2D eigenvalue weighted by molar-refractivity contribution is 0.0951. The van der Waals surface area contributed by atoms with E-state index in [2.05, 4.69) is 38.8 Å². The smallest absolute Gasteiger partial charge is 0.251 e. The molecule has 3 N–H and O–H groups in total. The Balaban J connectivity index is 1.26. The fourth-order valence-electron chi connectivity index (χ4n) is 3.80. The first-order chi connectivity index (χ1) is 15.7. The summed E-state index contributed by atoms with van der Waals surface area (Å²) in [4.78, 5) is 19.6. The van der Waals surface area contributed by atoms with Gasteiger partial charge >= 0.3 is 0 Å². The van der Waals surface area contributed by atoms with E-state index in [1.807, 2.05) is 42.7 Å². The van der Waals surface area contributed by atoms with Crippen molar-refractivity contribution < 1.29 is 9.53 Å². The highest BCUT2D eigenvalue weighted by atomic mass is 32.1. The molecule has 32 heavy (non-hydrogen) atoms. The van der Waals surface area contributed by atoms with Gasteiger partial charge in [-0.3, -0.25) is 9.89 Å². The van der Waals surface area contributed by atoms with Gasteiger partial charge in [-0.1, -0.05) is 12.1 Å². The molecule has 0 bridgehead atoms. The van der Waals surface area contributed by atoms with Crippen LogP contribution < -0.4 is 15.4 Å². The molecule has 0 saturated carbocycles. The van der Waals surface area contributed by atoms with Gasteiger partial charge in [-0.25, -0.2) is 4.98 Å². The van der Waals surface area contributed by atoms with Crippen LogP contribution in [-0.4, -0.2) is 27.7 Å². The number of H-pyrrole nitrogens is 1. The first kappa shape index (κ1) is 20.3. The van der Waals surface area contributed by atoms with Crippen molar-refractivity contribution in [2.24, 2.45) is 0 Å². The predicted molar refractivity (Wildman–Crippen MR) is 125 cm³/mol. The number of aromatic nitrogens is 3. The Bertz CT molecular complexity index is 1250. The number of anilines is 1. The fraction of sp³-hybridized carbons (Fsp3) is 0.208. The number of fused-ring (bicyclic) bond motifs is 1. The summed E-state index contributed by atoms with van der Waals surface area (Å²) < 4.78 is 5.89. The van der Waals surface area contributed by atoms with Crippen molar-refractivity contribution in [2.75, 3.05) is 11.9 Å². The molecule has 0 spiro atoms. The summed E-state index contributed by atoms with van der Waals surface area (Å²) in [5.41, 5.74) is 4.63. The lowest BCUT2D eigenvalue weighted by Gasteiger charge is -2.12. The van der Waals surface area contributed by atoms with E-state index in [0.717, 1.165) is 45.1 Å². The molecule has 5 rings (SSSR count). The third-order valence-electron chi connectivity index (χ3n) is 5.40. The maximum Gasteiger partial charge on any atom is 0.251 e. The number of aryl methyl sites for hydroxylation is 1. The highest BCUT2D eigenvalue weighted by molar-refractivity contribution is 7.11. The van der Waals surface area contributed by atoms with Gasteiger partial charge in [-0.15, -0.1) is 11.3 Å². The van der Waals surface area contributed by atoms with E-state index in [9.17, 15) is 4.79 Å². The number of ether oxygens (including phenoxy) is 1. The number of carbonyl (C=O) groups excluding carboxylic acids is 1. The van der Waals surface area contributed by atoms with Gasteiger partial charge < -0.3 is 15.4 Å². The van der Waals surface area contributed by atoms with E-state index in [0.29, 0.717) is 25.3 Å². The lowest BCUT2D eigenvalue weighted by Crippen LogP contribution is -2.22. The molecule has 0 atom stereocenters. The third-order valence-corrected chi connectivity index (χ3v) is 6.40. The van der Waals surface area contributed by atoms with Crippen LogP contribution in [0.1, 0.15) is 31.2 Å². The van der Waals surface area contributed by atoms with Crippen LogP contribution in [0, 0.1) is 6.92 Å². The van der Waals surface area contributed by atoms with Crippen molar-refractivity contribution in [1.82, 2.24) is 20.5 Å². The van der Waals surface area contributed by atoms with E-state index in [1.165, 1.54) is 4.88 Å². The van der Waals surface area contributed by atoms with Gasteiger partial charge in [0.25, 0.3) is 5.91 Å². The Morgan fingerprint density at radius 2 is 2.16 bits per heavy atom. The highest BCUT2D eigenvalue weighted by Crippen LogP contribution is 2.39. The second-order valence-electron chi connectivity index (χ2n) is 7.66. The summed E-state index contributed by atoms with van der Waals surface area (Å²) in [5.74, 6) is 1.60. The molecule has 0 fully saturated rings. The van der Waals surface area contributed by atoms with Crippen molar-refractivity contribution >= 4 is 23.1 Å². The molecule has 0 aliphatic carbocycles. The quantitative estimate of drug-likeness (QED) is 0.394. The highest BCUT2D eigenvalue weighted by Gasteiger charge is 2.22. The number of hydrogen-bond donors (Lipinski definition) is 3. The number of carbonyl (C=O) groups is 1. The SMILES string of the molecule is Cc1ccc(CNC(=O)c2cccc(CNc3ncc(-c4cn[nH]c4)c4c3CCO4)c2)s1. The second-order valence-corrected chi connectivity index (χ2v) is 9.04. The van der Waals surface area contributed by atoms with E-state index in [4.69, 9.17) is 4.74 Å². The van der Waals surface area contributed by atoms with Crippen LogP contribution in [0.5, 0.6) is 5.75 Å². The normalized spacial score (nSPS) is 12.3. The summed E-state index contributed by atoms with van der Waals surface area (Å²) in [7, 11) is 0. The molecule has 7 nitrogen and oxygen atoms in total. The van der Waals surface area contributed by atoms with Gasteiger partial charge in [0.1, 0.15) is 11.6 Å². The van der Waals surface area contributed by atoms with E-state index in [-0.39, 0.29) is 5.91 Å². The number of hydrogen-bond acceptors (Lipinski definition) is 6. The summed E-state index contributed by atoms with van der Waals surface area (Å²) in [5, 5.41) is 13.3. The third kappa shape index (κ3) is 4.22. The molecule has 8 heteroatoms. The zero-order valence-corrected chi connectivity index (χ0v) is 18.5. The summed E-state index contributed by atoms with van der Waals surface area (Å²) in [6.07, 6.45) is 6.22. The van der Waals surface area contributed by atoms with E-state index < -0.39 is 0 Å². The molecule has 162 valence electrons. The molecular weight excluding hydrogens is 422 g/mol. The molecule has 1 amide bonds. The number of rotatable bonds is 7. The first-order valence-electron chi connectivity index (χ1n) is 10.5. The van der Waals surface area contributed by atoms with E-state index >= 15 is 0 Å². The van der Waals surface area contributed by atoms with Gasteiger partial charge in [-0.2, -0.15) is 5.10 Å². The van der Waals surface area contributed by atoms with Crippen LogP contribution in [0.3, 0.4) is 0 Å². The first-order valence-corrected chi connectivity index (χ1v) is 11.3. The number of amides is 1. The Morgan fingerprint density at radius 1 is 1.22 bits per heavy atom. The molecule has 1 aliphatic heterocycles. The van der Waals surface area contributed by atoms with Gasteiger partial charge in [0.2, 0.25) is 0 Å². The number of benzene rings is 1. The monoisotopic (exact) mass is 445 g/mol. The van der Waals surface area contributed by atoms with Crippen LogP contribution in [-0.2, 0) is 19.5 Å². The summed E-state index contributed by atoms with van der Waals surface area (Å²) in [6, 6.07) is 11.8. The maximum atomic E-state index is 12.6. The minimum Gasteiger partial charge on any atom is -0.492 e. The minimum absolute atomic E-state index is 0.0743. The second kappa shape index (κ2) is 8.84. The number of nitrogens with zero attached hydrogens (tertiary/aromatic N) is 2. The molecule has 0 unspecified atom stereocenters. The molecule has 1 aromatic carbocycles. The summed E-state index contributed by atoms with van der Waals surface area (Å²) >= 11 is 1.70. The molecule has 0 saturated heterocycles. The van der Waals surface area contributed by atoms with Gasteiger partial charge in [0.05, 0.1) is 19.3 Å². The van der Waals surface area contributed by atoms with Gasteiger partial charge in [-0.05, 0) is 36.8 Å². The van der Waals surface area contributed by atoms with Gasteiger partial charge in [0, 0.05) is 57.4 Å². The lowest BCUT2D eigenvalue weighted by atomic mass is 10.1. The molecule has 4 heterocycles. The van der Waals surface area contributed by atoms with Crippen LogP contribution in [0.2, 0.25) is 0 Å². The standard InChI is InChI=1S/C24H23N5O2S/c1-15-5-6-19(32-15)13-27-24(30)17-4-2-3-16(9-17)10-25-23-20-7-8-31-22(20)21(14-26-23)18-11-28-29-12-18/h2-6,9,11-12,14H,7-8,10,13H2,1H3,(H,25,26)(H,27,30)(H,28,29). The molecule has 0 radical (unpaired) electrons. The Kier molecular flexibility index (Phi) is 5.60. The maximum absolute atomic E-state index is 12.6. The predicted octanol–water partition coefficient (Wildman–Crippen LogP) is 4.32. The average Bonchev–Trinajstić information content (AvgIpc) is 3.58. The number of nitrogens with one attached hydrogen (secondary N) is 3. The van der Waals surface area contributed by atoms with E-state index in [1.54, 1.807) is 17.5 Å². The fourth-order valence-corrected chi connectivity index (χ4v) is 4.63. The van der Waals surface area contributed by atoms with Crippen LogP contribution in [0.15, 0.2) is 55.0 Å². The van der Waals surface area contributed by atoms with Crippen LogP contribution >= 0.6 is 11.3 Å². The molecule has 4 aromatic rings. The average molecular weight is 446 g/mol. The van der Waals surface area contributed by atoms with Crippen LogP contribution in [0.25, 0.3) is 11.1 Å². The van der Waals surface area contributed by atoms with Crippen molar-refractivity contribution in [2.45, 2.75) is 26.4 Å². The van der Waals surface area contributed by atoms with Gasteiger partial charge in [0.15, 0.2) is 0 Å². The topological polar surface area (TPSA) is 91.9 Å². The zero-order valence-electron chi connectivity index (χ0n) is 17.6. The Labute approximate surface area is 189 Å². The van der Waals surface area contributed by atoms with Crippen molar-refractivity contribution in [3.8, 4) is 16.9 Å². The molecule has 3 aromatic heterocycles. The minimum atomic E-state index is -0.0743. The number of pyridine rings is 1. The number of aromatic amines is 1. The Hall–Kier alpha value is -3.65. The van der Waals surface area contributed by atoms with Crippen LogP contribution in [0.4, 0.5) is 5.82 Å². The largest absolute Gasteiger partial charge is 0.492 e. The Morgan fingerprint density at radius 3 is 2.97 bits per heavy atom. The van der Waals surface area contributed by atoms with Crippen molar-refractivity contribution in [1.29, 1.82) is 0 Å². The molecular formula is C24H23N5O2S. The summed E-state index contributed by atoms with van der Waals surface area (Å²) in [6.45, 7) is 3.81. The molecule has 1 aliphatic rings. The zero-order chi connectivity index (χ0) is 21.9. The van der Waals surface area contributed by atoms with Crippen molar-refractivity contribution in [3.05, 3.63) is 81.4 Å². The van der Waals surface area contributed by atoms with Crippen molar-refractivity contribution in [3.63, 3.8) is 0 Å². The number of thiophene rings is 1.